The second kappa shape index (κ2) is 10.7. The molecule has 33 heavy (non-hydrogen) atoms. The number of methoxy groups -OCH3 is 1. The Hall–Kier alpha value is -3.10. The van der Waals surface area contributed by atoms with Crippen molar-refractivity contribution in [2.45, 2.75) is 25.2 Å². The van der Waals surface area contributed by atoms with Gasteiger partial charge in [0.25, 0.3) is 5.56 Å². The fourth-order valence-electron chi connectivity index (χ4n) is 3.52. The van der Waals surface area contributed by atoms with Gasteiger partial charge in [-0.05, 0) is 41.6 Å². The molecule has 0 fully saturated rings. The van der Waals surface area contributed by atoms with Crippen LogP contribution in [-0.4, -0.2) is 39.8 Å². The summed E-state index contributed by atoms with van der Waals surface area (Å²) in [5, 5.41) is 2.41. The fourth-order valence-corrected chi connectivity index (χ4v) is 5.20. The van der Waals surface area contributed by atoms with Crippen LogP contribution in [-0.2, 0) is 17.9 Å². The molecule has 0 aliphatic carbocycles. The molecule has 0 radical (unpaired) electrons. The minimum absolute atomic E-state index is 0.0129. The molecule has 4 aromatic rings. The summed E-state index contributed by atoms with van der Waals surface area (Å²) in [6, 6.07) is 19.4. The number of amides is 1. The number of aromatic nitrogens is 2. The van der Waals surface area contributed by atoms with Crippen molar-refractivity contribution in [3.8, 4) is 5.75 Å². The van der Waals surface area contributed by atoms with Gasteiger partial charge >= 0.3 is 0 Å². The lowest BCUT2D eigenvalue weighted by atomic mass is 10.2. The molecule has 0 saturated carbocycles. The molecule has 0 atom stereocenters. The van der Waals surface area contributed by atoms with E-state index in [1.165, 1.54) is 23.1 Å². The Labute approximate surface area is 200 Å². The first kappa shape index (κ1) is 23.1. The largest absolute Gasteiger partial charge is 0.497 e. The Kier molecular flexibility index (Phi) is 7.47. The van der Waals surface area contributed by atoms with Crippen LogP contribution < -0.4 is 10.3 Å². The molecule has 2 heterocycles. The molecule has 0 saturated heterocycles. The highest BCUT2D eigenvalue weighted by Gasteiger charge is 2.17. The van der Waals surface area contributed by atoms with Crippen molar-refractivity contribution in [3.05, 3.63) is 87.5 Å². The Balaban J connectivity index is 1.57. The smallest absolute Gasteiger partial charge is 0.272 e. The lowest BCUT2D eigenvalue weighted by molar-refractivity contribution is -0.128. The number of carbonyl (C=O) groups is 1. The highest BCUT2D eigenvalue weighted by Crippen LogP contribution is 2.23. The van der Waals surface area contributed by atoms with Crippen molar-refractivity contribution in [3.63, 3.8) is 0 Å². The Morgan fingerprint density at radius 3 is 2.67 bits per heavy atom. The number of carbonyl (C=O) groups excluding carboxylic acids is 1. The number of hydrogen-bond donors (Lipinski definition) is 0. The average molecular weight is 480 g/mol. The third kappa shape index (κ3) is 5.46. The summed E-state index contributed by atoms with van der Waals surface area (Å²) in [7, 11) is 1.62. The molecule has 170 valence electrons. The van der Waals surface area contributed by atoms with E-state index in [4.69, 9.17) is 9.72 Å². The van der Waals surface area contributed by atoms with Crippen LogP contribution in [0.3, 0.4) is 0 Å². The topological polar surface area (TPSA) is 64.4 Å². The maximum Gasteiger partial charge on any atom is 0.272 e. The van der Waals surface area contributed by atoms with Crippen LogP contribution in [0.25, 0.3) is 10.2 Å². The molecule has 6 nitrogen and oxygen atoms in total. The molecule has 0 spiro atoms. The molecule has 4 rings (SSSR count). The molecule has 2 aromatic heterocycles. The lowest BCUT2D eigenvalue weighted by Gasteiger charge is -2.21. The van der Waals surface area contributed by atoms with Gasteiger partial charge in [0.15, 0.2) is 5.16 Å². The maximum atomic E-state index is 13.2. The van der Waals surface area contributed by atoms with Crippen LogP contribution in [0, 0.1) is 0 Å². The normalized spacial score (nSPS) is 11.0. The monoisotopic (exact) mass is 479 g/mol. The fraction of sp³-hybridized carbons (Fsp3) is 0.240. The van der Waals surface area contributed by atoms with Gasteiger partial charge in [-0.25, -0.2) is 4.98 Å². The van der Waals surface area contributed by atoms with E-state index in [0.717, 1.165) is 16.9 Å². The summed E-state index contributed by atoms with van der Waals surface area (Å²) >= 11 is 2.69. The molecule has 0 aliphatic rings. The number of nitrogens with zero attached hydrogens (tertiary/aromatic N) is 3. The summed E-state index contributed by atoms with van der Waals surface area (Å²) in [4.78, 5) is 32.7. The zero-order chi connectivity index (χ0) is 23.2. The van der Waals surface area contributed by atoms with Gasteiger partial charge in [0.2, 0.25) is 5.91 Å². The quantitative estimate of drug-likeness (QED) is 0.258. The van der Waals surface area contributed by atoms with Crippen molar-refractivity contribution in [1.29, 1.82) is 0 Å². The van der Waals surface area contributed by atoms with E-state index in [1.54, 1.807) is 11.7 Å². The van der Waals surface area contributed by atoms with E-state index in [2.05, 4.69) is 0 Å². The first-order chi connectivity index (χ1) is 16.1. The summed E-state index contributed by atoms with van der Waals surface area (Å²) in [6.45, 7) is 3.50. The van der Waals surface area contributed by atoms with Crippen LogP contribution in [0.1, 0.15) is 18.1 Å². The number of hydrogen-bond acceptors (Lipinski definition) is 6. The molecule has 0 bridgehead atoms. The highest BCUT2D eigenvalue weighted by atomic mass is 32.2. The lowest BCUT2D eigenvalue weighted by Crippen LogP contribution is -2.32. The highest BCUT2D eigenvalue weighted by molar-refractivity contribution is 7.99. The average Bonchev–Trinajstić information content (AvgIpc) is 3.32. The van der Waals surface area contributed by atoms with Crippen molar-refractivity contribution in [2.24, 2.45) is 0 Å². The Morgan fingerprint density at radius 1 is 1.12 bits per heavy atom. The molecular weight excluding hydrogens is 454 g/mol. The number of thioether (sulfide) groups is 1. The second-order valence-electron chi connectivity index (χ2n) is 7.45. The standard InChI is InChI=1S/C25H25N3O3S2/c1-3-27(15-18-8-5-4-6-9-18)22(29)17-33-25-26-21-12-13-32-23(21)24(30)28(25)16-19-10-7-11-20(14-19)31-2/h4-14H,3,15-17H2,1-2H3. The number of thiophene rings is 1. The first-order valence-electron chi connectivity index (χ1n) is 10.6. The van der Waals surface area contributed by atoms with E-state index in [1.807, 2.05) is 77.9 Å². The van der Waals surface area contributed by atoms with Gasteiger partial charge < -0.3 is 9.64 Å². The van der Waals surface area contributed by atoms with E-state index in [0.29, 0.717) is 35.0 Å². The van der Waals surface area contributed by atoms with Gasteiger partial charge in [0.1, 0.15) is 10.4 Å². The number of rotatable bonds is 9. The number of fused-ring (bicyclic) bond motifs is 1. The third-order valence-corrected chi connectivity index (χ3v) is 7.13. The van der Waals surface area contributed by atoms with Crippen LogP contribution in [0.4, 0.5) is 0 Å². The Morgan fingerprint density at radius 2 is 1.91 bits per heavy atom. The van der Waals surface area contributed by atoms with Gasteiger partial charge in [-0.15, -0.1) is 11.3 Å². The molecular formula is C25H25N3O3S2. The SMILES string of the molecule is CCN(Cc1ccccc1)C(=O)CSc1nc2ccsc2c(=O)n1Cc1cccc(OC)c1. The van der Waals surface area contributed by atoms with E-state index in [9.17, 15) is 9.59 Å². The first-order valence-corrected chi connectivity index (χ1v) is 12.5. The van der Waals surface area contributed by atoms with Crippen molar-refractivity contribution >= 4 is 39.2 Å². The van der Waals surface area contributed by atoms with Gasteiger partial charge in [-0.1, -0.05) is 54.2 Å². The van der Waals surface area contributed by atoms with Gasteiger partial charge in [0.05, 0.1) is 24.9 Å². The van der Waals surface area contributed by atoms with Gasteiger partial charge in [-0.2, -0.15) is 0 Å². The molecule has 0 N–H and O–H groups in total. The molecule has 1 amide bonds. The molecule has 0 unspecified atom stereocenters. The summed E-state index contributed by atoms with van der Waals surface area (Å²) in [5.74, 6) is 0.953. The summed E-state index contributed by atoms with van der Waals surface area (Å²) < 4.78 is 7.59. The summed E-state index contributed by atoms with van der Waals surface area (Å²) in [5.41, 5.74) is 2.59. The van der Waals surface area contributed by atoms with Crippen molar-refractivity contribution in [2.75, 3.05) is 19.4 Å². The predicted molar refractivity (Wildman–Crippen MR) is 134 cm³/mol. The number of ether oxygens (including phenoxy) is 1. The van der Waals surface area contributed by atoms with Gasteiger partial charge in [-0.3, -0.25) is 14.2 Å². The van der Waals surface area contributed by atoms with Gasteiger partial charge in [0, 0.05) is 13.1 Å². The zero-order valence-electron chi connectivity index (χ0n) is 18.6. The van der Waals surface area contributed by atoms with Crippen LogP contribution in [0.15, 0.2) is 76.0 Å². The minimum Gasteiger partial charge on any atom is -0.497 e. The minimum atomic E-state index is -0.0931. The predicted octanol–water partition coefficient (Wildman–Crippen LogP) is 4.66. The summed E-state index contributed by atoms with van der Waals surface area (Å²) in [6.07, 6.45) is 0. The third-order valence-electron chi connectivity index (χ3n) is 5.28. The van der Waals surface area contributed by atoms with Crippen molar-refractivity contribution in [1.82, 2.24) is 14.5 Å². The van der Waals surface area contributed by atoms with Crippen LogP contribution >= 0.6 is 23.1 Å². The van der Waals surface area contributed by atoms with E-state index < -0.39 is 0 Å². The molecule has 0 aliphatic heterocycles. The number of benzene rings is 2. The zero-order valence-corrected chi connectivity index (χ0v) is 20.2. The molecule has 8 heteroatoms. The van der Waals surface area contributed by atoms with E-state index >= 15 is 0 Å². The second-order valence-corrected chi connectivity index (χ2v) is 9.31. The Bertz CT molecular complexity index is 1300. The van der Waals surface area contributed by atoms with Crippen molar-refractivity contribution < 1.29 is 9.53 Å². The van der Waals surface area contributed by atoms with Crippen LogP contribution in [0.2, 0.25) is 0 Å². The van der Waals surface area contributed by atoms with Crippen LogP contribution in [0.5, 0.6) is 5.75 Å². The molecule has 2 aromatic carbocycles. The van der Waals surface area contributed by atoms with E-state index in [-0.39, 0.29) is 17.2 Å². The maximum absolute atomic E-state index is 13.2.